The van der Waals surface area contributed by atoms with E-state index in [0.717, 1.165) is 0 Å². The topological polar surface area (TPSA) is 76.4 Å². The summed E-state index contributed by atoms with van der Waals surface area (Å²) in [5.74, 6) is 0. The van der Waals surface area contributed by atoms with Crippen molar-refractivity contribution in [3.63, 3.8) is 0 Å². The van der Waals surface area contributed by atoms with Crippen molar-refractivity contribution in [2.75, 3.05) is 0 Å². The van der Waals surface area contributed by atoms with E-state index in [1.54, 1.807) is 48.8 Å². The van der Waals surface area contributed by atoms with Crippen LogP contribution >= 0.6 is 11.6 Å². The lowest BCUT2D eigenvalue weighted by molar-refractivity contribution is 0.575. The van der Waals surface area contributed by atoms with Crippen LogP contribution in [-0.2, 0) is 16.6 Å². The third-order valence-electron chi connectivity index (χ3n) is 2.87. The number of sulfonamides is 1. The van der Waals surface area contributed by atoms with Crippen LogP contribution < -0.4 is 4.72 Å². The number of imidazole rings is 1. The molecule has 0 unspecified atom stereocenters. The highest BCUT2D eigenvalue weighted by atomic mass is 35.5. The molecule has 0 aliphatic carbocycles. The maximum atomic E-state index is 12.4. The van der Waals surface area contributed by atoms with E-state index < -0.39 is 10.0 Å². The molecular formula is C13H11ClN4O2S. The van der Waals surface area contributed by atoms with E-state index in [9.17, 15) is 8.42 Å². The molecule has 8 heteroatoms. The lowest BCUT2D eigenvalue weighted by Crippen LogP contribution is -2.25. The van der Waals surface area contributed by atoms with Crippen LogP contribution in [0, 0.1) is 0 Å². The molecule has 6 nitrogen and oxygen atoms in total. The fourth-order valence-electron chi connectivity index (χ4n) is 1.93. The van der Waals surface area contributed by atoms with Gasteiger partial charge in [0.05, 0.1) is 12.2 Å². The van der Waals surface area contributed by atoms with Gasteiger partial charge in [0.15, 0.2) is 10.2 Å². The normalized spacial score (nSPS) is 11.9. The molecule has 1 N–H and O–H groups in total. The minimum atomic E-state index is -3.79. The van der Waals surface area contributed by atoms with Gasteiger partial charge >= 0.3 is 0 Å². The maximum Gasteiger partial charge on any atom is 0.260 e. The van der Waals surface area contributed by atoms with E-state index >= 15 is 0 Å². The standard InChI is InChI=1S/C13H11ClN4O2S/c14-12-13(18-8-4-2-6-11(18)17-12)21(19,20)16-9-10-5-1-3-7-15-10/h1-8,16H,9H2. The molecular weight excluding hydrogens is 312 g/mol. The highest BCUT2D eigenvalue weighted by Crippen LogP contribution is 2.22. The molecule has 0 atom stereocenters. The first-order chi connectivity index (χ1) is 10.1. The summed E-state index contributed by atoms with van der Waals surface area (Å²) in [4.78, 5) is 8.09. The van der Waals surface area contributed by atoms with Crippen molar-refractivity contribution < 1.29 is 8.42 Å². The Labute approximate surface area is 126 Å². The van der Waals surface area contributed by atoms with E-state index in [1.165, 1.54) is 4.40 Å². The number of rotatable bonds is 4. The molecule has 3 rings (SSSR count). The van der Waals surface area contributed by atoms with Gasteiger partial charge in [-0.1, -0.05) is 23.7 Å². The molecule has 3 heterocycles. The van der Waals surface area contributed by atoms with Gasteiger partial charge in [0.1, 0.15) is 5.65 Å². The zero-order chi connectivity index (χ0) is 14.9. The van der Waals surface area contributed by atoms with E-state index in [1.807, 2.05) is 0 Å². The number of fused-ring (bicyclic) bond motifs is 1. The van der Waals surface area contributed by atoms with Crippen LogP contribution in [-0.4, -0.2) is 22.8 Å². The zero-order valence-electron chi connectivity index (χ0n) is 10.8. The average Bonchev–Trinajstić information content (AvgIpc) is 2.83. The summed E-state index contributed by atoms with van der Waals surface area (Å²) in [5, 5.41) is -0.134. The second kappa shape index (κ2) is 5.44. The summed E-state index contributed by atoms with van der Waals surface area (Å²) in [6, 6.07) is 10.4. The van der Waals surface area contributed by atoms with Crippen LogP contribution in [0.25, 0.3) is 5.65 Å². The highest BCUT2D eigenvalue weighted by Gasteiger charge is 2.24. The van der Waals surface area contributed by atoms with E-state index in [2.05, 4.69) is 14.7 Å². The number of hydrogen-bond acceptors (Lipinski definition) is 4. The van der Waals surface area contributed by atoms with Crippen molar-refractivity contribution >= 4 is 27.3 Å². The molecule has 21 heavy (non-hydrogen) atoms. The molecule has 3 aromatic rings. The molecule has 0 fully saturated rings. The quantitative estimate of drug-likeness (QED) is 0.795. The minimum absolute atomic E-state index is 0.0604. The SMILES string of the molecule is O=S(=O)(NCc1ccccn1)c1c(Cl)nc2ccccn12. The minimum Gasteiger partial charge on any atom is -0.288 e. The van der Waals surface area contributed by atoms with Gasteiger partial charge in [0, 0.05) is 12.4 Å². The third kappa shape index (κ3) is 2.76. The second-order valence-corrected chi connectivity index (χ2v) is 6.32. The lowest BCUT2D eigenvalue weighted by atomic mass is 10.4. The van der Waals surface area contributed by atoms with Crippen LogP contribution in [0.5, 0.6) is 0 Å². The molecule has 0 amide bonds. The number of hydrogen-bond donors (Lipinski definition) is 1. The van der Waals surface area contributed by atoms with Crippen LogP contribution in [0.4, 0.5) is 0 Å². The average molecular weight is 323 g/mol. The fourth-order valence-corrected chi connectivity index (χ4v) is 3.56. The monoisotopic (exact) mass is 322 g/mol. The van der Waals surface area contributed by atoms with Gasteiger partial charge in [-0.3, -0.25) is 9.38 Å². The van der Waals surface area contributed by atoms with E-state index in [4.69, 9.17) is 11.6 Å². The summed E-state index contributed by atoms with van der Waals surface area (Å²) in [5.41, 5.74) is 1.09. The zero-order valence-corrected chi connectivity index (χ0v) is 12.3. The molecule has 0 saturated carbocycles. The van der Waals surface area contributed by atoms with Gasteiger partial charge in [0.25, 0.3) is 10.0 Å². The first-order valence-electron chi connectivity index (χ1n) is 6.10. The number of aromatic nitrogens is 3. The van der Waals surface area contributed by atoms with Crippen molar-refractivity contribution in [3.8, 4) is 0 Å². The van der Waals surface area contributed by atoms with Crippen molar-refractivity contribution in [2.45, 2.75) is 11.6 Å². The molecule has 3 aromatic heterocycles. The van der Waals surface area contributed by atoms with Crippen molar-refractivity contribution in [1.29, 1.82) is 0 Å². The maximum absolute atomic E-state index is 12.4. The highest BCUT2D eigenvalue weighted by molar-refractivity contribution is 7.89. The van der Waals surface area contributed by atoms with Crippen molar-refractivity contribution in [2.24, 2.45) is 0 Å². The summed E-state index contributed by atoms with van der Waals surface area (Å²) < 4.78 is 28.7. The van der Waals surface area contributed by atoms with Gasteiger partial charge in [-0.2, -0.15) is 0 Å². The van der Waals surface area contributed by atoms with Crippen LogP contribution in [0.1, 0.15) is 5.69 Å². The Hall–Kier alpha value is -1.96. The van der Waals surface area contributed by atoms with Gasteiger partial charge in [-0.15, -0.1) is 0 Å². The summed E-state index contributed by atoms with van der Waals surface area (Å²) in [7, 11) is -3.79. The number of nitrogens with one attached hydrogen (secondary N) is 1. The first kappa shape index (κ1) is 14.0. The second-order valence-electron chi connectivity index (χ2n) is 4.28. The van der Waals surface area contributed by atoms with Crippen LogP contribution in [0.3, 0.4) is 0 Å². The smallest absolute Gasteiger partial charge is 0.260 e. The molecule has 0 saturated heterocycles. The summed E-state index contributed by atoms with van der Waals surface area (Å²) >= 11 is 5.97. The van der Waals surface area contributed by atoms with Gasteiger partial charge in [-0.05, 0) is 24.3 Å². The van der Waals surface area contributed by atoms with E-state index in [0.29, 0.717) is 11.3 Å². The Bertz CT molecular complexity index is 878. The van der Waals surface area contributed by atoms with Crippen LogP contribution in [0.2, 0.25) is 5.15 Å². The Kier molecular flexibility index (Phi) is 3.62. The van der Waals surface area contributed by atoms with Crippen molar-refractivity contribution in [1.82, 2.24) is 19.1 Å². The molecule has 0 aliphatic rings. The van der Waals surface area contributed by atoms with Crippen molar-refractivity contribution in [3.05, 3.63) is 59.6 Å². The first-order valence-corrected chi connectivity index (χ1v) is 7.96. The Balaban J connectivity index is 1.95. The number of halogens is 1. The summed E-state index contributed by atoms with van der Waals surface area (Å²) in [6.07, 6.45) is 3.20. The molecule has 0 spiro atoms. The summed E-state index contributed by atoms with van der Waals surface area (Å²) in [6.45, 7) is 0.0829. The molecule has 108 valence electrons. The lowest BCUT2D eigenvalue weighted by Gasteiger charge is -2.06. The Morgan fingerprint density at radius 2 is 2.00 bits per heavy atom. The number of nitrogens with zero attached hydrogens (tertiary/aromatic N) is 3. The van der Waals surface area contributed by atoms with Gasteiger partial charge in [-0.25, -0.2) is 18.1 Å². The van der Waals surface area contributed by atoms with E-state index in [-0.39, 0.29) is 16.7 Å². The molecule has 0 aliphatic heterocycles. The molecule has 0 radical (unpaired) electrons. The molecule has 0 aromatic carbocycles. The van der Waals surface area contributed by atoms with Gasteiger partial charge in [0.2, 0.25) is 0 Å². The van der Waals surface area contributed by atoms with Gasteiger partial charge < -0.3 is 0 Å². The third-order valence-corrected chi connectivity index (χ3v) is 4.67. The Morgan fingerprint density at radius 1 is 1.19 bits per heavy atom. The fraction of sp³-hybridized carbons (Fsp3) is 0.0769. The largest absolute Gasteiger partial charge is 0.288 e. The molecule has 0 bridgehead atoms. The number of pyridine rings is 2. The van der Waals surface area contributed by atoms with Crippen LogP contribution in [0.15, 0.2) is 53.8 Å². The predicted octanol–water partition coefficient (Wildman–Crippen LogP) is 1.86. The Morgan fingerprint density at radius 3 is 2.76 bits per heavy atom. The predicted molar refractivity (Wildman–Crippen MR) is 78.5 cm³/mol.